The summed E-state index contributed by atoms with van der Waals surface area (Å²) in [7, 11) is 0. The number of fused-ring (bicyclic) bond motifs is 1. The Bertz CT molecular complexity index is 1260. The molecule has 2 amide bonds. The largest absolute Gasteiger partial charge is 0.448 e. The number of thioether (sulfide) groups is 1. The number of alkyl carbamates (subject to hydrolysis) is 1. The van der Waals surface area contributed by atoms with Crippen LogP contribution in [-0.4, -0.2) is 51.6 Å². The van der Waals surface area contributed by atoms with Crippen molar-refractivity contribution >= 4 is 35.7 Å². The van der Waals surface area contributed by atoms with Crippen LogP contribution in [-0.2, 0) is 28.6 Å². The summed E-state index contributed by atoms with van der Waals surface area (Å²) in [6.45, 7) is 6.44. The van der Waals surface area contributed by atoms with Crippen molar-refractivity contribution in [2.24, 2.45) is 0 Å². The first-order valence-corrected chi connectivity index (χ1v) is 13.4. The second-order valence-corrected chi connectivity index (χ2v) is 11.0. The average molecular weight is 551 g/mol. The molecule has 2 aliphatic rings. The molecular weight excluding hydrogens is 520 g/mol. The molecule has 0 bridgehead atoms. The van der Waals surface area contributed by atoms with Crippen LogP contribution in [0.4, 0.5) is 4.79 Å². The Labute approximate surface area is 231 Å². The Balaban J connectivity index is 1.64. The van der Waals surface area contributed by atoms with E-state index >= 15 is 0 Å². The maximum absolute atomic E-state index is 13.8. The minimum atomic E-state index is -0.870. The van der Waals surface area contributed by atoms with Crippen molar-refractivity contribution in [2.45, 2.75) is 50.8 Å². The van der Waals surface area contributed by atoms with Crippen molar-refractivity contribution in [3.8, 4) is 0 Å². The molecule has 10 heteroatoms. The van der Waals surface area contributed by atoms with Crippen LogP contribution in [0.2, 0.25) is 0 Å². The molecule has 2 aliphatic heterocycles. The Morgan fingerprint density at radius 3 is 2.15 bits per heavy atom. The van der Waals surface area contributed by atoms with Crippen LogP contribution in [0.15, 0.2) is 84.3 Å². The number of ether oxygens (including phenoxy) is 3. The lowest BCUT2D eigenvalue weighted by Gasteiger charge is -2.49. The van der Waals surface area contributed by atoms with Crippen molar-refractivity contribution in [3.63, 3.8) is 0 Å². The van der Waals surface area contributed by atoms with Crippen LogP contribution < -0.4 is 5.32 Å². The first-order chi connectivity index (χ1) is 18.5. The van der Waals surface area contributed by atoms with E-state index in [0.29, 0.717) is 11.3 Å². The molecule has 2 atom stereocenters. The van der Waals surface area contributed by atoms with Gasteiger partial charge >= 0.3 is 18.0 Å². The number of benzene rings is 2. The number of esters is 2. The van der Waals surface area contributed by atoms with E-state index < -0.39 is 47.1 Å². The second kappa shape index (κ2) is 11.8. The number of amides is 2. The fourth-order valence-corrected chi connectivity index (χ4v) is 5.47. The average Bonchev–Trinajstić information content (AvgIpc) is 2.89. The highest BCUT2D eigenvalue weighted by atomic mass is 32.2. The highest BCUT2D eigenvalue weighted by Gasteiger charge is 2.54. The Morgan fingerprint density at radius 1 is 1.03 bits per heavy atom. The smallest absolute Gasteiger partial charge is 0.408 e. The van der Waals surface area contributed by atoms with E-state index in [1.807, 2.05) is 60.7 Å². The summed E-state index contributed by atoms with van der Waals surface area (Å²) in [6.07, 6.45) is 1.20. The molecule has 0 saturated carbocycles. The zero-order valence-corrected chi connectivity index (χ0v) is 22.9. The van der Waals surface area contributed by atoms with Gasteiger partial charge in [0, 0.05) is 12.7 Å². The van der Waals surface area contributed by atoms with Gasteiger partial charge in [0.25, 0.3) is 5.91 Å². The van der Waals surface area contributed by atoms with E-state index in [1.165, 1.54) is 35.9 Å². The van der Waals surface area contributed by atoms with E-state index in [1.54, 1.807) is 20.8 Å². The number of nitrogens with zero attached hydrogens (tertiary/aromatic N) is 1. The van der Waals surface area contributed by atoms with Gasteiger partial charge in [-0.05, 0) is 43.5 Å². The van der Waals surface area contributed by atoms with Crippen LogP contribution in [0.3, 0.4) is 0 Å². The molecule has 0 radical (unpaired) electrons. The third-order valence-electron chi connectivity index (χ3n) is 5.80. The van der Waals surface area contributed by atoms with Gasteiger partial charge in [0.05, 0.1) is 6.26 Å². The lowest BCUT2D eigenvalue weighted by molar-refractivity contribution is -0.153. The monoisotopic (exact) mass is 550 g/mol. The molecule has 4 rings (SSSR count). The van der Waals surface area contributed by atoms with Gasteiger partial charge < -0.3 is 19.5 Å². The summed E-state index contributed by atoms with van der Waals surface area (Å²) >= 11 is 1.36. The third kappa shape index (κ3) is 6.69. The summed E-state index contributed by atoms with van der Waals surface area (Å²) < 4.78 is 16.3. The predicted octanol–water partition coefficient (Wildman–Crippen LogP) is 4.46. The lowest BCUT2D eigenvalue weighted by atomic mass is 10.0. The molecule has 204 valence electrons. The summed E-state index contributed by atoms with van der Waals surface area (Å²) in [4.78, 5) is 52.0. The van der Waals surface area contributed by atoms with Gasteiger partial charge in [-0.1, -0.05) is 60.7 Å². The number of rotatable bonds is 7. The normalized spacial score (nSPS) is 18.9. The van der Waals surface area contributed by atoms with Gasteiger partial charge in [0.1, 0.15) is 22.7 Å². The van der Waals surface area contributed by atoms with E-state index in [9.17, 15) is 19.2 Å². The molecule has 2 aromatic carbocycles. The molecule has 1 N–H and O–H groups in total. The Morgan fingerprint density at radius 2 is 1.62 bits per heavy atom. The first-order valence-electron chi connectivity index (χ1n) is 12.4. The molecule has 9 nitrogen and oxygen atoms in total. The molecule has 1 saturated heterocycles. The number of carbonyl (C=O) groups is 4. The van der Waals surface area contributed by atoms with Crippen LogP contribution in [0.25, 0.3) is 0 Å². The molecule has 39 heavy (non-hydrogen) atoms. The van der Waals surface area contributed by atoms with Gasteiger partial charge in [-0.2, -0.15) is 0 Å². The number of carbonyl (C=O) groups excluding carboxylic acids is 4. The number of allylic oxidation sites excluding steroid dienone is 1. The van der Waals surface area contributed by atoms with Gasteiger partial charge in [-0.25, -0.2) is 9.59 Å². The van der Waals surface area contributed by atoms with Crippen molar-refractivity contribution in [3.05, 3.63) is 95.4 Å². The summed E-state index contributed by atoms with van der Waals surface area (Å²) in [5, 5.41) is 2.07. The summed E-state index contributed by atoms with van der Waals surface area (Å²) in [6, 6.07) is 17.7. The molecule has 2 heterocycles. The minimum Gasteiger partial charge on any atom is -0.448 e. The van der Waals surface area contributed by atoms with Gasteiger partial charge in [-0.3, -0.25) is 14.5 Å². The molecule has 0 aliphatic carbocycles. The topological polar surface area (TPSA) is 111 Å². The predicted molar refractivity (Wildman–Crippen MR) is 145 cm³/mol. The number of hydrogen-bond acceptors (Lipinski definition) is 8. The summed E-state index contributed by atoms with van der Waals surface area (Å²) in [5.41, 5.74) is 1.27. The van der Waals surface area contributed by atoms with E-state index in [4.69, 9.17) is 14.2 Å². The molecule has 2 aromatic rings. The standard InChI is InChI=1S/C29H30N2O7S/c1-18(32)36-16-15-21-17-39-26-22(30-28(35)38-29(2,3)4)25(33)31(26)23(21)27(34)37-24(19-11-7-5-8-12-19)20-13-9-6-10-14-20/h5-16,22,24,26H,17H2,1-4H3,(H,30,35)/b16-15+. The number of β-lactam (4-membered cyclic amide) rings is 1. The molecular formula is C29H30N2O7S. The van der Waals surface area contributed by atoms with Gasteiger partial charge in [0.15, 0.2) is 6.10 Å². The summed E-state index contributed by atoms with van der Waals surface area (Å²) in [5.74, 6) is -1.40. The SMILES string of the molecule is CC(=O)O/C=C/C1=C(C(=O)OC(c2ccccc2)c2ccccc2)N2C(=O)C(NC(=O)OC(C)(C)C)C2SC1. The van der Waals surface area contributed by atoms with Crippen LogP contribution in [0, 0.1) is 0 Å². The van der Waals surface area contributed by atoms with Gasteiger partial charge in [-0.15, -0.1) is 11.8 Å². The van der Waals surface area contributed by atoms with E-state index in [0.717, 1.165) is 11.1 Å². The van der Waals surface area contributed by atoms with Crippen molar-refractivity contribution < 1.29 is 33.4 Å². The first kappa shape index (κ1) is 28.0. The maximum Gasteiger partial charge on any atom is 0.408 e. The lowest BCUT2D eigenvalue weighted by Crippen LogP contribution is -2.70. The molecule has 0 aromatic heterocycles. The third-order valence-corrected chi connectivity index (χ3v) is 7.10. The van der Waals surface area contributed by atoms with E-state index in [2.05, 4.69) is 5.32 Å². The fourth-order valence-electron chi connectivity index (χ4n) is 4.15. The van der Waals surface area contributed by atoms with Crippen LogP contribution in [0.5, 0.6) is 0 Å². The van der Waals surface area contributed by atoms with Crippen molar-refractivity contribution in [1.82, 2.24) is 10.2 Å². The quantitative estimate of drug-likeness (QED) is 0.233. The highest BCUT2D eigenvalue weighted by molar-refractivity contribution is 8.00. The second-order valence-electron chi connectivity index (χ2n) is 9.93. The van der Waals surface area contributed by atoms with Crippen molar-refractivity contribution in [1.29, 1.82) is 0 Å². The Kier molecular flexibility index (Phi) is 8.44. The maximum atomic E-state index is 13.8. The van der Waals surface area contributed by atoms with Gasteiger partial charge in [0.2, 0.25) is 0 Å². The Hall–Kier alpha value is -4.05. The van der Waals surface area contributed by atoms with Crippen LogP contribution in [0.1, 0.15) is 44.9 Å². The fraction of sp³-hybridized carbons (Fsp3) is 0.310. The van der Waals surface area contributed by atoms with Crippen molar-refractivity contribution in [2.75, 3.05) is 5.75 Å². The van der Waals surface area contributed by atoms with Crippen LogP contribution >= 0.6 is 11.8 Å². The zero-order valence-electron chi connectivity index (χ0n) is 22.1. The zero-order chi connectivity index (χ0) is 28.2. The molecule has 0 spiro atoms. The van der Waals surface area contributed by atoms with E-state index in [-0.39, 0.29) is 5.70 Å². The number of nitrogens with one attached hydrogen (secondary N) is 1. The molecule has 1 fully saturated rings. The molecule has 2 unspecified atom stereocenters. The number of hydrogen-bond donors (Lipinski definition) is 1. The highest BCUT2D eigenvalue weighted by Crippen LogP contribution is 2.42. The minimum absolute atomic E-state index is 0.0336.